The Morgan fingerprint density at radius 3 is 2.60 bits per heavy atom. The molecule has 5 heavy (non-hydrogen) atoms. The second kappa shape index (κ2) is 4.59. The molecule has 0 aliphatic heterocycles. The van der Waals surface area contributed by atoms with Crippen molar-refractivity contribution in [1.29, 1.82) is 0 Å². The van der Waals surface area contributed by atoms with Gasteiger partial charge in [0.25, 0.3) is 0 Å². The van der Waals surface area contributed by atoms with E-state index in [1.165, 1.54) is 0 Å². The van der Waals surface area contributed by atoms with Crippen LogP contribution in [0.3, 0.4) is 0 Å². The Bertz CT molecular complexity index is 28.1. The lowest BCUT2D eigenvalue weighted by Gasteiger charge is -1.77. The van der Waals surface area contributed by atoms with Gasteiger partial charge in [0.2, 0.25) is 0 Å². The molecule has 0 saturated heterocycles. The largest absolute Gasteiger partial charge is 0.309 e. The van der Waals surface area contributed by atoms with Gasteiger partial charge in [-0.25, -0.2) is 0 Å². The summed E-state index contributed by atoms with van der Waals surface area (Å²) in [4.78, 5) is 0. The number of hydrogen-bond acceptors (Lipinski definition) is 3. The normalized spacial score (nSPS) is 6.60. The average molecular weight is 124 g/mol. The summed E-state index contributed by atoms with van der Waals surface area (Å²) < 4.78 is 2.46. The minimum Gasteiger partial charge on any atom is -0.309 e. The van der Waals surface area contributed by atoms with Crippen LogP contribution in [0, 0.1) is 0 Å². The van der Waals surface area contributed by atoms with Crippen molar-refractivity contribution in [2.24, 2.45) is 0 Å². The van der Waals surface area contributed by atoms with Gasteiger partial charge in [-0.05, 0) is 0 Å². The number of thiol groups is 1. The van der Waals surface area contributed by atoms with Gasteiger partial charge in [-0.2, -0.15) is 0 Å². The number of nitrogens with one attached hydrogen (secondary N) is 1. The summed E-state index contributed by atoms with van der Waals surface area (Å²) in [6.45, 7) is 0. The summed E-state index contributed by atoms with van der Waals surface area (Å²) in [6, 6.07) is 0. The van der Waals surface area contributed by atoms with Crippen LogP contribution in [0.2, 0.25) is 0 Å². The van der Waals surface area contributed by atoms with Crippen LogP contribution in [-0.2, 0) is 0 Å². The van der Waals surface area contributed by atoms with Crippen molar-refractivity contribution in [2.45, 2.75) is 0 Å². The molecule has 4 heteroatoms. The molecule has 0 spiro atoms. The third-order valence-electron chi connectivity index (χ3n) is 0.0873. The summed E-state index contributed by atoms with van der Waals surface area (Å²) in [5.41, 5.74) is 2.24. The summed E-state index contributed by atoms with van der Waals surface area (Å²) in [6.07, 6.45) is 0. The summed E-state index contributed by atoms with van der Waals surface area (Å²) in [5.74, 6) is 0. The summed E-state index contributed by atoms with van der Waals surface area (Å²) in [7, 11) is 1.13. The highest BCUT2D eigenvalue weighted by Crippen LogP contribution is 1.92. The van der Waals surface area contributed by atoms with Crippen LogP contribution in [0.1, 0.15) is 0 Å². The van der Waals surface area contributed by atoms with E-state index in [1.54, 1.807) is 0 Å². The molecule has 29 valence electrons. The van der Waals surface area contributed by atoms with Crippen LogP contribution < -0.4 is 4.72 Å². The molecule has 0 aliphatic rings. The van der Waals surface area contributed by atoms with Crippen molar-refractivity contribution in [1.82, 2.24) is 4.72 Å². The van der Waals surface area contributed by atoms with Gasteiger partial charge in [-0.3, -0.25) is 0 Å². The van der Waals surface area contributed by atoms with Gasteiger partial charge in [-0.1, -0.05) is 23.9 Å². The number of thiocarbonyl (C=S) groups is 1. The van der Waals surface area contributed by atoms with E-state index in [2.05, 4.69) is 34.1 Å². The van der Waals surface area contributed by atoms with Gasteiger partial charge in [-0.15, -0.1) is 0 Å². The zero-order valence-electron chi connectivity index (χ0n) is 2.26. The lowest BCUT2D eigenvalue weighted by atomic mass is 11.6. The topological polar surface area (TPSA) is 12.0 Å². The fraction of sp³-hybridized carbons (Fsp3) is 0. The Kier molecular flexibility index (Phi) is 5.13. The maximum Gasteiger partial charge on any atom is 0.145 e. The Hall–Kier alpha value is 0.590. The molecule has 0 aromatic heterocycles. The van der Waals surface area contributed by atoms with Crippen molar-refractivity contribution >= 4 is 40.4 Å². The Labute approximate surface area is 45.5 Å². The quantitative estimate of drug-likeness (QED) is 0.187. The third-order valence-corrected chi connectivity index (χ3v) is 0.786. The zero-order chi connectivity index (χ0) is 4.12. The molecule has 0 fully saturated rings. The highest BCUT2D eigenvalue weighted by Gasteiger charge is 1.59. The first-order valence-electron chi connectivity index (χ1n) is 0.841. The van der Waals surface area contributed by atoms with Crippen LogP contribution in [0.25, 0.3) is 0 Å². The maximum atomic E-state index is 4.22. The van der Waals surface area contributed by atoms with Crippen molar-refractivity contribution in [2.75, 3.05) is 0 Å². The smallest absolute Gasteiger partial charge is 0.145 e. The highest BCUT2D eigenvalue weighted by atomic mass is 33.1. The fourth-order valence-corrected chi connectivity index (χ4v) is 0.503. The Balaban J connectivity index is 2.40. The number of hydrogen-bond donors (Lipinski definition) is 2. The SMILES string of the molecule is S=[C]NSS. The van der Waals surface area contributed by atoms with Crippen LogP contribution in [0.15, 0.2) is 0 Å². The van der Waals surface area contributed by atoms with Crippen molar-refractivity contribution < 1.29 is 0 Å². The average Bonchev–Trinajstić information content (AvgIpc) is 1.41. The summed E-state index contributed by atoms with van der Waals surface area (Å²) >= 11 is 7.90. The van der Waals surface area contributed by atoms with Crippen LogP contribution in [0.4, 0.5) is 0 Å². The third kappa shape index (κ3) is 4.59. The molecule has 0 saturated carbocycles. The first kappa shape index (κ1) is 5.59. The molecule has 1 radical (unpaired) electrons. The molecular formula is CH2NS3. The first-order valence-corrected chi connectivity index (χ1v) is 3.12. The molecule has 1 nitrogen and oxygen atoms in total. The monoisotopic (exact) mass is 124 g/mol. The zero-order valence-corrected chi connectivity index (χ0v) is 4.79. The molecule has 0 unspecified atom stereocenters. The van der Waals surface area contributed by atoms with E-state index in [-0.39, 0.29) is 0 Å². The molecule has 0 atom stereocenters. The van der Waals surface area contributed by atoms with E-state index in [0.29, 0.717) is 0 Å². The molecule has 0 aromatic rings. The van der Waals surface area contributed by atoms with Crippen molar-refractivity contribution in [3.05, 3.63) is 0 Å². The van der Waals surface area contributed by atoms with Gasteiger partial charge in [0, 0.05) is 11.0 Å². The van der Waals surface area contributed by atoms with E-state index >= 15 is 0 Å². The van der Waals surface area contributed by atoms with Gasteiger partial charge in [0.15, 0.2) is 0 Å². The lowest BCUT2D eigenvalue weighted by Crippen LogP contribution is -1.89. The van der Waals surface area contributed by atoms with E-state index in [4.69, 9.17) is 0 Å². The van der Waals surface area contributed by atoms with E-state index in [1.807, 2.05) is 0 Å². The second-order valence-corrected chi connectivity index (χ2v) is 1.43. The van der Waals surface area contributed by atoms with Gasteiger partial charge < -0.3 is 4.72 Å². The molecular weight excluding hydrogens is 122 g/mol. The number of rotatable bonds is 2. The first-order chi connectivity index (χ1) is 2.41. The molecule has 0 heterocycles. The van der Waals surface area contributed by atoms with Crippen LogP contribution in [-0.4, -0.2) is 5.49 Å². The van der Waals surface area contributed by atoms with E-state index < -0.39 is 0 Å². The van der Waals surface area contributed by atoms with Gasteiger partial charge in [0.05, 0.1) is 0 Å². The maximum absolute atomic E-state index is 4.22. The molecule has 0 rings (SSSR count). The molecule has 0 amide bonds. The molecule has 1 N–H and O–H groups in total. The van der Waals surface area contributed by atoms with Crippen LogP contribution in [0.5, 0.6) is 0 Å². The fourth-order valence-electron chi connectivity index (χ4n) is 0.0186. The second-order valence-electron chi connectivity index (χ2n) is 0.295. The van der Waals surface area contributed by atoms with Crippen molar-refractivity contribution in [3.8, 4) is 0 Å². The van der Waals surface area contributed by atoms with Gasteiger partial charge in [0.1, 0.15) is 5.49 Å². The standard InChI is InChI=1S/CH2NS3/c3-1-2-5-4/h4H,(H,2,3). The van der Waals surface area contributed by atoms with E-state index in [0.717, 1.165) is 11.0 Å². The molecule has 0 aliphatic carbocycles. The predicted octanol–water partition coefficient (Wildman–Crippen LogP) is 0.903. The van der Waals surface area contributed by atoms with E-state index in [9.17, 15) is 0 Å². The van der Waals surface area contributed by atoms with Crippen molar-refractivity contribution in [3.63, 3.8) is 0 Å². The van der Waals surface area contributed by atoms with Crippen LogP contribution >= 0.6 is 34.9 Å². The van der Waals surface area contributed by atoms with Gasteiger partial charge >= 0.3 is 0 Å². The summed E-state index contributed by atoms with van der Waals surface area (Å²) in [5, 5.41) is 0. The minimum absolute atomic E-state index is 1.13. The Morgan fingerprint density at radius 2 is 2.60 bits per heavy atom. The molecule has 0 aromatic carbocycles. The highest BCUT2D eigenvalue weighted by molar-refractivity contribution is 8.68. The predicted molar refractivity (Wildman–Crippen MR) is 32.3 cm³/mol. The minimum atomic E-state index is 1.13. The Morgan fingerprint density at radius 1 is 2.00 bits per heavy atom. The molecule has 0 bridgehead atoms. The lowest BCUT2D eigenvalue weighted by molar-refractivity contribution is 1.69.